The van der Waals surface area contributed by atoms with E-state index in [0.29, 0.717) is 28.0 Å². The largest absolute Gasteiger partial charge is 0.488 e. The van der Waals surface area contributed by atoms with Crippen LogP contribution in [0.5, 0.6) is 5.75 Å². The molecule has 0 radical (unpaired) electrons. The maximum Gasteiger partial charge on any atom is 0.407 e. The predicted molar refractivity (Wildman–Crippen MR) is 212 cm³/mol. The highest BCUT2D eigenvalue weighted by Gasteiger charge is 2.32. The maximum absolute atomic E-state index is 13.6. The van der Waals surface area contributed by atoms with Crippen molar-refractivity contribution in [3.05, 3.63) is 94.6 Å². The lowest BCUT2D eigenvalue weighted by Gasteiger charge is -2.27. The van der Waals surface area contributed by atoms with Crippen LogP contribution in [-0.4, -0.2) is 70.3 Å². The molecular formula is C41H53N5O8S. The van der Waals surface area contributed by atoms with E-state index in [9.17, 15) is 22.8 Å². The van der Waals surface area contributed by atoms with Crippen LogP contribution in [0.3, 0.4) is 0 Å². The number of carbonyl (C=O) groups is 3. The summed E-state index contributed by atoms with van der Waals surface area (Å²) in [5.41, 5.74) is 6.11. The molecule has 1 aliphatic rings. The summed E-state index contributed by atoms with van der Waals surface area (Å²) < 4.78 is 46.1. The molecule has 13 nitrogen and oxygen atoms in total. The van der Waals surface area contributed by atoms with Crippen molar-refractivity contribution in [2.45, 2.75) is 96.2 Å². The van der Waals surface area contributed by atoms with Crippen LogP contribution in [0.2, 0.25) is 0 Å². The molecule has 2 amide bonds. The van der Waals surface area contributed by atoms with Gasteiger partial charge in [0.15, 0.2) is 0 Å². The highest BCUT2D eigenvalue weighted by molar-refractivity contribution is 7.90. The SMILES string of the molecule is C=CC[C@@H](NC(=O)[C@@H](CCCNC(=N)NS(=O)(=O)c1c(C)c(C)c(OC(C)(C)C)c(C)c1C)NC(=O)OCC1c2ccccc2-c2ccccc21)C(=O)OC. The van der Waals surface area contributed by atoms with Crippen LogP contribution in [0.15, 0.2) is 66.1 Å². The van der Waals surface area contributed by atoms with Crippen molar-refractivity contribution in [3.8, 4) is 16.9 Å². The molecule has 0 saturated carbocycles. The van der Waals surface area contributed by atoms with E-state index < -0.39 is 51.6 Å². The first-order valence-electron chi connectivity index (χ1n) is 18.1. The third kappa shape index (κ3) is 10.2. The molecular weight excluding hydrogens is 723 g/mol. The first-order chi connectivity index (χ1) is 25.9. The summed E-state index contributed by atoms with van der Waals surface area (Å²) in [6, 6.07) is 13.7. The Labute approximate surface area is 324 Å². The Bertz CT molecular complexity index is 1980. The minimum absolute atomic E-state index is 0.0264. The van der Waals surface area contributed by atoms with Crippen LogP contribution >= 0.6 is 0 Å². The number of ether oxygens (including phenoxy) is 3. The van der Waals surface area contributed by atoms with E-state index in [1.807, 2.05) is 69.3 Å². The molecule has 2 atom stereocenters. The third-order valence-corrected chi connectivity index (χ3v) is 11.2. The van der Waals surface area contributed by atoms with Gasteiger partial charge in [0.1, 0.15) is 30.0 Å². The van der Waals surface area contributed by atoms with E-state index >= 15 is 0 Å². The molecule has 0 unspecified atom stereocenters. The van der Waals surface area contributed by atoms with Crippen molar-refractivity contribution in [1.29, 1.82) is 5.41 Å². The van der Waals surface area contributed by atoms with Crippen LogP contribution < -0.4 is 25.4 Å². The van der Waals surface area contributed by atoms with Crippen LogP contribution in [0.1, 0.15) is 79.3 Å². The Morgan fingerprint density at radius 3 is 1.98 bits per heavy atom. The molecule has 0 fully saturated rings. The summed E-state index contributed by atoms with van der Waals surface area (Å²) in [5, 5.41) is 16.4. The molecule has 0 bridgehead atoms. The van der Waals surface area contributed by atoms with Gasteiger partial charge >= 0.3 is 12.1 Å². The summed E-state index contributed by atoms with van der Waals surface area (Å²) >= 11 is 0. The number of nitrogens with one attached hydrogen (secondary N) is 5. The highest BCUT2D eigenvalue weighted by atomic mass is 32.2. The normalized spacial score (nSPS) is 13.4. The van der Waals surface area contributed by atoms with Gasteiger partial charge in [-0.3, -0.25) is 10.2 Å². The summed E-state index contributed by atoms with van der Waals surface area (Å²) in [7, 11) is -2.97. The number of sulfonamides is 1. The molecule has 55 heavy (non-hydrogen) atoms. The van der Waals surface area contributed by atoms with Gasteiger partial charge < -0.3 is 30.2 Å². The zero-order valence-electron chi connectivity index (χ0n) is 32.8. The van der Waals surface area contributed by atoms with Gasteiger partial charge in [0.2, 0.25) is 11.9 Å². The van der Waals surface area contributed by atoms with E-state index in [0.717, 1.165) is 22.3 Å². The minimum Gasteiger partial charge on any atom is -0.488 e. The first kappa shape index (κ1) is 42.4. The highest BCUT2D eigenvalue weighted by Crippen LogP contribution is 2.44. The topological polar surface area (TPSA) is 185 Å². The molecule has 0 aliphatic heterocycles. The van der Waals surface area contributed by atoms with Gasteiger partial charge in [0.05, 0.1) is 12.0 Å². The molecule has 5 N–H and O–H groups in total. The molecule has 3 aromatic rings. The van der Waals surface area contributed by atoms with Crippen LogP contribution in [-0.2, 0) is 29.1 Å². The van der Waals surface area contributed by atoms with Gasteiger partial charge in [-0.05, 0) is 112 Å². The molecule has 4 rings (SSSR count). The van der Waals surface area contributed by atoms with Crippen LogP contribution in [0.4, 0.5) is 4.79 Å². The number of fused-ring (bicyclic) bond motifs is 3. The average molecular weight is 776 g/mol. The van der Waals surface area contributed by atoms with Gasteiger partial charge in [-0.15, -0.1) is 6.58 Å². The molecule has 0 heterocycles. The molecule has 14 heteroatoms. The Kier molecular flexibility index (Phi) is 13.7. The number of alkyl carbamates (subject to hydrolysis) is 1. The number of hydrogen-bond acceptors (Lipinski definition) is 9. The fraction of sp³-hybridized carbons (Fsp3) is 0.415. The number of rotatable bonds is 15. The summed E-state index contributed by atoms with van der Waals surface area (Å²) in [5.74, 6) is -1.37. The second kappa shape index (κ2) is 17.8. The second-order valence-corrected chi connectivity index (χ2v) is 16.2. The third-order valence-electron chi connectivity index (χ3n) is 9.53. The number of guanidine groups is 1. The van der Waals surface area contributed by atoms with Gasteiger partial charge in [0, 0.05) is 12.5 Å². The number of methoxy groups -OCH3 is 1. The Morgan fingerprint density at radius 1 is 0.891 bits per heavy atom. The molecule has 1 aliphatic carbocycles. The summed E-state index contributed by atoms with van der Waals surface area (Å²) in [6.07, 6.45) is 0.997. The van der Waals surface area contributed by atoms with E-state index in [1.54, 1.807) is 27.7 Å². The van der Waals surface area contributed by atoms with Gasteiger partial charge in [-0.25, -0.2) is 22.7 Å². The number of esters is 1. The fourth-order valence-corrected chi connectivity index (χ4v) is 8.25. The van der Waals surface area contributed by atoms with Crippen molar-refractivity contribution in [2.75, 3.05) is 20.3 Å². The summed E-state index contributed by atoms with van der Waals surface area (Å²) in [6.45, 7) is 16.5. The van der Waals surface area contributed by atoms with E-state index in [4.69, 9.17) is 19.6 Å². The molecule has 0 spiro atoms. The minimum atomic E-state index is -4.17. The first-order valence-corrected chi connectivity index (χ1v) is 19.6. The van der Waals surface area contributed by atoms with Crippen LogP contribution in [0.25, 0.3) is 11.1 Å². The molecule has 0 aromatic heterocycles. The Morgan fingerprint density at radius 2 is 1.45 bits per heavy atom. The van der Waals surface area contributed by atoms with E-state index in [2.05, 4.69) is 27.3 Å². The monoisotopic (exact) mass is 775 g/mol. The quantitative estimate of drug-likeness (QED) is 0.0417. The predicted octanol–water partition coefficient (Wildman–Crippen LogP) is 5.82. The summed E-state index contributed by atoms with van der Waals surface area (Å²) in [4.78, 5) is 39.1. The van der Waals surface area contributed by atoms with Crippen molar-refractivity contribution in [2.24, 2.45) is 0 Å². The van der Waals surface area contributed by atoms with E-state index in [-0.39, 0.29) is 43.2 Å². The fourth-order valence-electron chi connectivity index (χ4n) is 6.69. The van der Waals surface area contributed by atoms with E-state index in [1.165, 1.54) is 13.2 Å². The number of amides is 2. The van der Waals surface area contributed by atoms with Crippen molar-refractivity contribution >= 4 is 34.0 Å². The zero-order chi connectivity index (χ0) is 40.7. The lowest BCUT2D eigenvalue weighted by molar-refractivity contribution is -0.145. The standard InChI is InChI=1S/C41H53N5O8S/c1-10-16-34(38(48)52-9)44-37(47)33(45-40(49)53-23-32-30-19-13-11-17-28(30)29-18-12-14-20-31(29)32)21-15-22-43-39(42)46-55(50,51)36-26(4)24(2)35(25(3)27(36)5)54-41(6,7)8/h10-14,17-20,32-34H,1,15-16,21-23H2,2-9H3,(H,44,47)(H,45,49)(H3,42,43,46)/t33-,34-/m1/s1. The Hall–Kier alpha value is -5.37. The average Bonchev–Trinajstić information content (AvgIpc) is 3.45. The molecule has 0 saturated heterocycles. The van der Waals surface area contributed by atoms with Gasteiger partial charge in [0.25, 0.3) is 10.0 Å². The van der Waals surface area contributed by atoms with Crippen LogP contribution in [0, 0.1) is 33.1 Å². The lowest BCUT2D eigenvalue weighted by Crippen LogP contribution is -2.52. The zero-order valence-corrected chi connectivity index (χ0v) is 33.7. The lowest BCUT2D eigenvalue weighted by atomic mass is 9.98. The smallest absolute Gasteiger partial charge is 0.407 e. The van der Waals surface area contributed by atoms with Gasteiger partial charge in [-0.2, -0.15) is 0 Å². The number of carbonyl (C=O) groups excluding carboxylic acids is 3. The van der Waals surface area contributed by atoms with Gasteiger partial charge in [-0.1, -0.05) is 54.6 Å². The molecule has 3 aromatic carbocycles. The Balaban J connectivity index is 1.42. The second-order valence-electron chi connectivity index (χ2n) is 14.6. The van der Waals surface area contributed by atoms with Crippen molar-refractivity contribution in [1.82, 2.24) is 20.7 Å². The van der Waals surface area contributed by atoms with Crippen molar-refractivity contribution in [3.63, 3.8) is 0 Å². The number of hydrogen-bond donors (Lipinski definition) is 5. The van der Waals surface area contributed by atoms with Crippen molar-refractivity contribution < 1.29 is 37.0 Å². The maximum atomic E-state index is 13.6. The molecule has 296 valence electrons. The number of benzene rings is 3.